The predicted octanol–water partition coefficient (Wildman–Crippen LogP) is 3.99. The standard InChI is InChI=1S/C12H20ClNO4P2/c1-17-20(16,18-2)12(14-9-19(3,4)15)10-5-7-11(13)8-6-10/h5-8,12,14H,9H2,1-4H3. The van der Waals surface area contributed by atoms with E-state index in [-0.39, 0.29) is 6.29 Å². The molecule has 114 valence electrons. The van der Waals surface area contributed by atoms with Crippen LogP contribution in [0.2, 0.25) is 5.02 Å². The number of hydrogen-bond donors (Lipinski definition) is 1. The first-order valence-electron chi connectivity index (χ1n) is 5.96. The van der Waals surface area contributed by atoms with Gasteiger partial charge in [-0.3, -0.25) is 9.88 Å². The highest BCUT2D eigenvalue weighted by Gasteiger charge is 2.35. The first-order valence-corrected chi connectivity index (χ1v) is 10.7. The molecular weight excluding hydrogens is 320 g/mol. The smallest absolute Gasteiger partial charge is 0.323 e. The quantitative estimate of drug-likeness (QED) is 0.761. The van der Waals surface area contributed by atoms with Crippen molar-refractivity contribution in [1.82, 2.24) is 5.32 Å². The van der Waals surface area contributed by atoms with Gasteiger partial charge in [-0.05, 0) is 31.0 Å². The Kier molecular flexibility index (Phi) is 6.46. The van der Waals surface area contributed by atoms with Gasteiger partial charge in [0.05, 0.1) is 7.14 Å². The largest absolute Gasteiger partial charge is 0.351 e. The van der Waals surface area contributed by atoms with Gasteiger partial charge in [0.25, 0.3) is 0 Å². The zero-order valence-corrected chi connectivity index (χ0v) is 14.5. The molecule has 0 saturated heterocycles. The Bertz CT molecular complexity index is 521. The summed E-state index contributed by atoms with van der Waals surface area (Å²) in [7, 11) is -3.05. The third-order valence-corrected chi connectivity index (χ3v) is 6.00. The van der Waals surface area contributed by atoms with Gasteiger partial charge >= 0.3 is 7.60 Å². The molecule has 1 unspecified atom stereocenters. The van der Waals surface area contributed by atoms with E-state index in [4.69, 9.17) is 20.6 Å². The molecule has 0 fully saturated rings. The lowest BCUT2D eigenvalue weighted by atomic mass is 10.2. The summed E-state index contributed by atoms with van der Waals surface area (Å²) in [5, 5.41) is 3.60. The van der Waals surface area contributed by atoms with Gasteiger partial charge in [0.1, 0.15) is 5.78 Å². The minimum atomic E-state index is -3.39. The first kappa shape index (κ1) is 17.9. The van der Waals surface area contributed by atoms with E-state index in [0.717, 1.165) is 0 Å². The number of rotatable bonds is 7. The Morgan fingerprint density at radius 2 is 1.65 bits per heavy atom. The predicted molar refractivity (Wildman–Crippen MR) is 83.3 cm³/mol. The van der Waals surface area contributed by atoms with E-state index in [1.54, 1.807) is 37.6 Å². The Morgan fingerprint density at radius 3 is 2.05 bits per heavy atom. The van der Waals surface area contributed by atoms with E-state index in [1.807, 2.05) is 0 Å². The molecule has 0 heterocycles. The van der Waals surface area contributed by atoms with Crippen LogP contribution in [0.3, 0.4) is 0 Å². The molecule has 1 aromatic rings. The lowest BCUT2D eigenvalue weighted by Crippen LogP contribution is -2.23. The molecule has 0 aliphatic rings. The molecule has 0 aliphatic carbocycles. The molecule has 1 N–H and O–H groups in total. The maximum atomic E-state index is 12.6. The van der Waals surface area contributed by atoms with E-state index in [2.05, 4.69) is 5.32 Å². The third kappa shape index (κ3) is 5.00. The molecule has 0 aliphatic heterocycles. The number of benzene rings is 1. The average Bonchev–Trinajstić information content (AvgIpc) is 2.39. The van der Waals surface area contributed by atoms with E-state index < -0.39 is 20.5 Å². The van der Waals surface area contributed by atoms with Crippen molar-refractivity contribution in [2.45, 2.75) is 5.78 Å². The van der Waals surface area contributed by atoms with Gasteiger partial charge in [-0.15, -0.1) is 0 Å². The maximum absolute atomic E-state index is 12.6. The maximum Gasteiger partial charge on any atom is 0.351 e. The van der Waals surface area contributed by atoms with Gasteiger partial charge in [-0.2, -0.15) is 0 Å². The van der Waals surface area contributed by atoms with Crippen molar-refractivity contribution in [2.75, 3.05) is 33.8 Å². The lowest BCUT2D eigenvalue weighted by molar-refractivity contribution is 0.261. The summed E-state index contributed by atoms with van der Waals surface area (Å²) in [4.78, 5) is 0. The molecule has 1 aromatic carbocycles. The van der Waals surface area contributed by atoms with Crippen LogP contribution in [0, 0.1) is 0 Å². The normalized spacial score (nSPS) is 14.2. The lowest BCUT2D eigenvalue weighted by Gasteiger charge is -2.26. The van der Waals surface area contributed by atoms with E-state index >= 15 is 0 Å². The molecule has 20 heavy (non-hydrogen) atoms. The first-order chi connectivity index (χ1) is 9.22. The minimum absolute atomic E-state index is 0.233. The number of halogens is 1. The van der Waals surface area contributed by atoms with Crippen molar-refractivity contribution < 1.29 is 18.2 Å². The molecule has 0 spiro atoms. The minimum Gasteiger partial charge on any atom is -0.323 e. The van der Waals surface area contributed by atoms with Crippen molar-refractivity contribution in [2.24, 2.45) is 0 Å². The second kappa shape index (κ2) is 7.22. The van der Waals surface area contributed by atoms with Crippen molar-refractivity contribution in [3.8, 4) is 0 Å². The van der Waals surface area contributed by atoms with Crippen molar-refractivity contribution >= 4 is 26.3 Å². The Labute approximate surface area is 124 Å². The van der Waals surface area contributed by atoms with Crippen LogP contribution in [0.4, 0.5) is 0 Å². The van der Waals surface area contributed by atoms with Gasteiger partial charge < -0.3 is 13.6 Å². The number of hydrogen-bond acceptors (Lipinski definition) is 5. The molecule has 1 atom stereocenters. The Morgan fingerprint density at radius 1 is 1.15 bits per heavy atom. The fraction of sp³-hybridized carbons (Fsp3) is 0.500. The van der Waals surface area contributed by atoms with Crippen LogP contribution in [0.1, 0.15) is 11.3 Å². The molecule has 0 saturated carbocycles. The van der Waals surface area contributed by atoms with E-state index in [0.29, 0.717) is 10.6 Å². The van der Waals surface area contributed by atoms with Gasteiger partial charge in [0, 0.05) is 25.5 Å². The highest BCUT2D eigenvalue weighted by Crippen LogP contribution is 2.59. The fourth-order valence-electron chi connectivity index (χ4n) is 1.65. The number of nitrogens with one attached hydrogen (secondary N) is 1. The van der Waals surface area contributed by atoms with Crippen LogP contribution < -0.4 is 5.32 Å². The highest BCUT2D eigenvalue weighted by molar-refractivity contribution is 7.62. The molecule has 0 bridgehead atoms. The second-order valence-corrected chi connectivity index (χ2v) is 11.0. The average molecular weight is 340 g/mol. The van der Waals surface area contributed by atoms with Crippen LogP contribution in [0.15, 0.2) is 24.3 Å². The van der Waals surface area contributed by atoms with Crippen LogP contribution in [-0.2, 0) is 18.2 Å². The molecule has 5 nitrogen and oxygen atoms in total. The topological polar surface area (TPSA) is 64.6 Å². The Hall–Kier alpha value is -0.150. The Balaban J connectivity index is 3.10. The summed E-state index contributed by atoms with van der Waals surface area (Å²) in [6.45, 7) is 3.31. The summed E-state index contributed by atoms with van der Waals surface area (Å²) < 4.78 is 34.6. The van der Waals surface area contributed by atoms with Gasteiger partial charge in [0.15, 0.2) is 0 Å². The van der Waals surface area contributed by atoms with Crippen molar-refractivity contribution in [1.29, 1.82) is 0 Å². The monoisotopic (exact) mass is 339 g/mol. The second-order valence-electron chi connectivity index (χ2n) is 4.80. The summed E-state index contributed by atoms with van der Waals surface area (Å²) in [5.74, 6) is -0.692. The summed E-state index contributed by atoms with van der Waals surface area (Å²) in [5.41, 5.74) is 0.704. The summed E-state index contributed by atoms with van der Waals surface area (Å²) in [6.07, 6.45) is 0.233. The van der Waals surface area contributed by atoms with E-state index in [9.17, 15) is 9.13 Å². The zero-order valence-electron chi connectivity index (χ0n) is 12.0. The van der Waals surface area contributed by atoms with Gasteiger partial charge in [0.2, 0.25) is 0 Å². The van der Waals surface area contributed by atoms with Gasteiger partial charge in [-0.1, -0.05) is 23.7 Å². The summed E-state index contributed by atoms with van der Waals surface area (Å²) in [6, 6.07) is 6.86. The van der Waals surface area contributed by atoms with Crippen LogP contribution >= 0.6 is 26.3 Å². The fourth-order valence-corrected chi connectivity index (χ4v) is 3.96. The van der Waals surface area contributed by atoms with E-state index in [1.165, 1.54) is 14.2 Å². The van der Waals surface area contributed by atoms with Crippen LogP contribution in [0.25, 0.3) is 0 Å². The van der Waals surface area contributed by atoms with Crippen LogP contribution in [-0.4, -0.2) is 33.8 Å². The third-order valence-electron chi connectivity index (χ3n) is 2.68. The molecule has 0 radical (unpaired) electrons. The SMILES string of the molecule is COP(=O)(OC)C(NCP(C)(C)=O)c1ccc(Cl)cc1. The van der Waals surface area contributed by atoms with Crippen molar-refractivity contribution in [3.63, 3.8) is 0 Å². The van der Waals surface area contributed by atoms with Crippen LogP contribution in [0.5, 0.6) is 0 Å². The molecular formula is C12H20ClNO4P2. The molecule has 1 rings (SSSR count). The zero-order chi connectivity index (χ0) is 15.4. The highest BCUT2D eigenvalue weighted by atomic mass is 35.5. The van der Waals surface area contributed by atoms with Gasteiger partial charge in [-0.25, -0.2) is 0 Å². The summed E-state index contributed by atoms with van der Waals surface area (Å²) >= 11 is 5.85. The molecule has 0 aromatic heterocycles. The van der Waals surface area contributed by atoms with Crippen molar-refractivity contribution in [3.05, 3.63) is 34.9 Å². The molecule has 8 heteroatoms. The molecule has 0 amide bonds.